The first-order valence-corrected chi connectivity index (χ1v) is 6.17. The van der Waals surface area contributed by atoms with Crippen LogP contribution in [0.1, 0.15) is 44.7 Å². The van der Waals surface area contributed by atoms with Gasteiger partial charge in [-0.25, -0.2) is 8.78 Å². The summed E-state index contributed by atoms with van der Waals surface area (Å²) in [6, 6.07) is 2.81. The van der Waals surface area contributed by atoms with Crippen LogP contribution in [0, 0.1) is 35.5 Å². The van der Waals surface area contributed by atoms with Gasteiger partial charge in [0.25, 0.3) is 0 Å². The number of hydrogen-bond acceptors (Lipinski definition) is 1. The van der Waals surface area contributed by atoms with Gasteiger partial charge in [0.05, 0.1) is 11.1 Å². The maximum Gasteiger partial charge on any atom is 0.175 e. The van der Waals surface area contributed by atoms with Crippen LogP contribution >= 0.6 is 0 Å². The van der Waals surface area contributed by atoms with Gasteiger partial charge in [-0.3, -0.25) is 0 Å². The van der Waals surface area contributed by atoms with E-state index in [1.54, 1.807) is 6.92 Å². The monoisotopic (exact) mass is 262 g/mol. The van der Waals surface area contributed by atoms with Crippen molar-refractivity contribution in [3.63, 3.8) is 0 Å². The zero-order chi connectivity index (χ0) is 14.3. The molecule has 0 amide bonds. The highest BCUT2D eigenvalue weighted by Gasteiger charge is 2.10. The third-order valence-electron chi connectivity index (χ3n) is 2.48. The highest BCUT2D eigenvalue weighted by molar-refractivity contribution is 5.43. The molecule has 0 aliphatic rings. The molecule has 19 heavy (non-hydrogen) atoms. The van der Waals surface area contributed by atoms with Crippen LogP contribution in [0.15, 0.2) is 12.1 Å². The Hall–Kier alpha value is -2.00. The van der Waals surface area contributed by atoms with E-state index in [1.165, 1.54) is 12.1 Å². The third-order valence-corrected chi connectivity index (χ3v) is 2.48. The molecule has 0 saturated carbocycles. The Morgan fingerprint density at radius 3 is 2.26 bits per heavy atom. The van der Waals surface area contributed by atoms with Gasteiger partial charge >= 0.3 is 0 Å². The molecule has 1 nitrogen and oxygen atoms in total. The Labute approximate surface area is 113 Å². The number of benzene rings is 1. The molecule has 0 aliphatic heterocycles. The van der Waals surface area contributed by atoms with Crippen molar-refractivity contribution in [2.24, 2.45) is 0 Å². The average molecular weight is 262 g/mol. The molecule has 100 valence electrons. The van der Waals surface area contributed by atoms with Crippen molar-refractivity contribution < 1.29 is 13.5 Å². The quantitative estimate of drug-likeness (QED) is 0.752. The molecule has 0 spiro atoms. The van der Waals surface area contributed by atoms with E-state index in [9.17, 15) is 8.78 Å². The van der Waals surface area contributed by atoms with Gasteiger partial charge in [0.1, 0.15) is 12.2 Å². The van der Waals surface area contributed by atoms with E-state index in [4.69, 9.17) is 4.74 Å². The van der Waals surface area contributed by atoms with Crippen molar-refractivity contribution in [3.05, 3.63) is 34.9 Å². The summed E-state index contributed by atoms with van der Waals surface area (Å²) >= 11 is 0. The molecule has 1 aromatic carbocycles. The van der Waals surface area contributed by atoms with E-state index in [0.29, 0.717) is 0 Å². The van der Waals surface area contributed by atoms with E-state index in [0.717, 1.165) is 12.8 Å². The maximum absolute atomic E-state index is 13.7. The Bertz CT molecular complexity index is 556. The first kappa shape index (κ1) is 15.1. The molecule has 1 atom stereocenters. The minimum absolute atomic E-state index is 0.0179. The summed E-state index contributed by atoms with van der Waals surface area (Å²) in [4.78, 5) is 0. The molecule has 1 aromatic rings. The SMILES string of the molecule is CC#Cc1ccc(C#COC(C)CCC)c(F)c1F. The van der Waals surface area contributed by atoms with Crippen molar-refractivity contribution in [3.8, 4) is 23.9 Å². The molecule has 0 saturated heterocycles. The Morgan fingerprint density at radius 1 is 1.16 bits per heavy atom. The van der Waals surface area contributed by atoms with Crippen molar-refractivity contribution in [2.75, 3.05) is 0 Å². The van der Waals surface area contributed by atoms with Gasteiger partial charge in [-0.15, -0.1) is 5.92 Å². The standard InChI is InChI=1S/C16H16F2O/c1-4-6-12(3)19-11-10-14-9-8-13(7-5-2)15(17)16(14)18/h8-9,12H,4,6H2,1-3H3. The fourth-order valence-corrected chi connectivity index (χ4v) is 1.53. The van der Waals surface area contributed by atoms with Crippen LogP contribution in [0.25, 0.3) is 0 Å². The molecule has 0 radical (unpaired) electrons. The number of rotatable bonds is 3. The molecule has 0 N–H and O–H groups in total. The minimum Gasteiger partial charge on any atom is -0.443 e. The van der Waals surface area contributed by atoms with Crippen molar-refractivity contribution in [1.29, 1.82) is 0 Å². The topological polar surface area (TPSA) is 9.23 Å². The normalized spacial score (nSPS) is 10.8. The molecule has 0 aliphatic carbocycles. The molecule has 1 rings (SSSR count). The van der Waals surface area contributed by atoms with Crippen LogP contribution in [0.2, 0.25) is 0 Å². The van der Waals surface area contributed by atoms with Crippen LogP contribution < -0.4 is 0 Å². The van der Waals surface area contributed by atoms with E-state index in [-0.39, 0.29) is 17.2 Å². The zero-order valence-corrected chi connectivity index (χ0v) is 11.3. The minimum atomic E-state index is -0.987. The first-order chi connectivity index (χ1) is 9.10. The summed E-state index contributed by atoms with van der Waals surface area (Å²) in [7, 11) is 0. The van der Waals surface area contributed by atoms with Gasteiger partial charge in [0, 0.05) is 0 Å². The fourth-order valence-electron chi connectivity index (χ4n) is 1.53. The van der Waals surface area contributed by atoms with E-state index in [2.05, 4.69) is 23.9 Å². The first-order valence-electron chi connectivity index (χ1n) is 6.17. The molecule has 0 fully saturated rings. The lowest BCUT2D eigenvalue weighted by molar-refractivity contribution is 0.174. The molecular weight excluding hydrogens is 246 g/mol. The predicted molar refractivity (Wildman–Crippen MR) is 71.2 cm³/mol. The van der Waals surface area contributed by atoms with Crippen molar-refractivity contribution >= 4 is 0 Å². The third kappa shape index (κ3) is 4.30. The van der Waals surface area contributed by atoms with Gasteiger partial charge in [-0.05, 0) is 38.3 Å². The smallest absolute Gasteiger partial charge is 0.175 e. The summed E-state index contributed by atoms with van der Waals surface area (Å²) in [6.07, 6.45) is 4.25. The van der Waals surface area contributed by atoms with Crippen LogP contribution in [-0.4, -0.2) is 6.10 Å². The van der Waals surface area contributed by atoms with E-state index >= 15 is 0 Å². The lowest BCUT2D eigenvalue weighted by Gasteiger charge is -2.05. The second-order valence-electron chi connectivity index (χ2n) is 4.11. The molecule has 0 heterocycles. The van der Waals surface area contributed by atoms with Crippen LogP contribution in [-0.2, 0) is 4.74 Å². The van der Waals surface area contributed by atoms with Gasteiger partial charge < -0.3 is 4.74 Å². The van der Waals surface area contributed by atoms with Crippen molar-refractivity contribution in [1.82, 2.24) is 0 Å². The largest absolute Gasteiger partial charge is 0.443 e. The van der Waals surface area contributed by atoms with Crippen LogP contribution in [0.4, 0.5) is 8.78 Å². The van der Waals surface area contributed by atoms with Gasteiger partial charge in [0.15, 0.2) is 11.6 Å². The zero-order valence-electron chi connectivity index (χ0n) is 11.3. The molecule has 3 heteroatoms. The van der Waals surface area contributed by atoms with Gasteiger partial charge in [-0.1, -0.05) is 19.3 Å². The Morgan fingerprint density at radius 2 is 1.74 bits per heavy atom. The van der Waals surface area contributed by atoms with E-state index < -0.39 is 11.6 Å². The highest BCUT2D eigenvalue weighted by Crippen LogP contribution is 2.15. The summed E-state index contributed by atoms with van der Waals surface area (Å²) in [5.41, 5.74) is 0.00803. The average Bonchev–Trinajstić information content (AvgIpc) is 2.38. The molecule has 0 aromatic heterocycles. The highest BCUT2D eigenvalue weighted by atomic mass is 19.2. The van der Waals surface area contributed by atoms with Gasteiger partial charge in [-0.2, -0.15) is 0 Å². The predicted octanol–water partition coefficient (Wildman–Crippen LogP) is 3.85. The maximum atomic E-state index is 13.7. The summed E-state index contributed by atoms with van der Waals surface area (Å²) in [5, 5.41) is 0. The lowest BCUT2D eigenvalue weighted by Crippen LogP contribution is -2.02. The summed E-state index contributed by atoms with van der Waals surface area (Å²) in [6.45, 7) is 5.49. The fraction of sp³-hybridized carbons (Fsp3) is 0.375. The van der Waals surface area contributed by atoms with Gasteiger partial charge in [0.2, 0.25) is 0 Å². The number of ether oxygens (including phenoxy) is 1. The van der Waals surface area contributed by atoms with Crippen LogP contribution in [0.5, 0.6) is 0 Å². The second kappa shape index (κ2) is 7.44. The Kier molecular flexibility index (Phi) is 5.90. The summed E-state index contributed by atoms with van der Waals surface area (Å²) < 4.78 is 32.4. The summed E-state index contributed by atoms with van der Waals surface area (Å²) in [5.74, 6) is 5.54. The molecular formula is C16H16F2O. The number of halogens is 2. The lowest BCUT2D eigenvalue weighted by atomic mass is 10.1. The molecule has 1 unspecified atom stereocenters. The van der Waals surface area contributed by atoms with Crippen molar-refractivity contribution in [2.45, 2.75) is 39.7 Å². The second-order valence-corrected chi connectivity index (χ2v) is 4.11. The Balaban J connectivity index is 2.88. The molecule has 0 bridgehead atoms. The van der Waals surface area contributed by atoms with E-state index in [1.807, 2.05) is 13.8 Å². The number of hydrogen-bond donors (Lipinski definition) is 0. The van der Waals surface area contributed by atoms with Crippen LogP contribution in [0.3, 0.4) is 0 Å².